The lowest BCUT2D eigenvalue weighted by molar-refractivity contribution is 0.101. The van der Waals surface area contributed by atoms with E-state index in [1.54, 1.807) is 36.4 Å². The maximum absolute atomic E-state index is 13.9. The lowest BCUT2D eigenvalue weighted by Gasteiger charge is -2.10. The van der Waals surface area contributed by atoms with Gasteiger partial charge in [-0.3, -0.25) is 4.79 Å². The maximum Gasteiger partial charge on any atom is 0.272 e. The molecule has 0 aliphatic rings. The number of ether oxygens (including phenoxy) is 1. The normalized spacial score (nSPS) is 10.8. The van der Waals surface area contributed by atoms with Gasteiger partial charge in [0.2, 0.25) is 0 Å². The van der Waals surface area contributed by atoms with Crippen LogP contribution in [0.3, 0.4) is 0 Å². The predicted molar refractivity (Wildman–Crippen MR) is 117 cm³/mol. The summed E-state index contributed by atoms with van der Waals surface area (Å²) in [4.78, 5) is 12.9. The minimum atomic E-state index is -0.379. The van der Waals surface area contributed by atoms with E-state index in [4.69, 9.17) is 4.74 Å². The third kappa shape index (κ3) is 4.33. The summed E-state index contributed by atoms with van der Waals surface area (Å²) in [6, 6.07) is 19.2. The number of allylic oxidation sites excluding steroid dienone is 1. The molecular formula is C25H20F2N2O2. The van der Waals surface area contributed by atoms with Gasteiger partial charge in [-0.25, -0.2) is 8.78 Å². The average Bonchev–Trinajstić information content (AvgIpc) is 3.14. The standard InChI is InChI=1S/C25H20F2N2O2/c1-2-14-29-22-8-5-9-24(31-16-17-6-3-4-7-21(17)27)20(22)15-23(29)25(30)28-19-12-10-18(26)11-13-19/h2-13,15H,1,14,16H2,(H,28,30). The third-order valence-corrected chi connectivity index (χ3v) is 4.89. The number of aromatic nitrogens is 1. The molecule has 156 valence electrons. The summed E-state index contributed by atoms with van der Waals surface area (Å²) in [6.45, 7) is 4.25. The molecule has 1 amide bonds. The topological polar surface area (TPSA) is 43.3 Å². The average molecular weight is 418 g/mol. The van der Waals surface area contributed by atoms with Crippen LogP contribution in [0.15, 0.2) is 85.5 Å². The molecule has 4 nitrogen and oxygen atoms in total. The van der Waals surface area contributed by atoms with Crippen molar-refractivity contribution in [3.05, 3.63) is 108 Å². The van der Waals surface area contributed by atoms with Gasteiger partial charge in [-0.1, -0.05) is 30.3 Å². The zero-order chi connectivity index (χ0) is 21.8. The Hall–Kier alpha value is -3.93. The van der Waals surface area contributed by atoms with Gasteiger partial charge in [-0.2, -0.15) is 0 Å². The Morgan fingerprint density at radius 3 is 2.55 bits per heavy atom. The Bertz CT molecular complexity index is 1250. The van der Waals surface area contributed by atoms with E-state index in [1.165, 1.54) is 30.3 Å². The van der Waals surface area contributed by atoms with Crippen molar-refractivity contribution in [2.45, 2.75) is 13.2 Å². The second-order valence-electron chi connectivity index (χ2n) is 6.96. The lowest BCUT2D eigenvalue weighted by Crippen LogP contribution is -2.16. The summed E-state index contributed by atoms with van der Waals surface area (Å²) in [5, 5.41) is 3.51. The van der Waals surface area contributed by atoms with Crippen LogP contribution in [0.4, 0.5) is 14.5 Å². The Kier molecular flexibility index (Phi) is 5.80. The van der Waals surface area contributed by atoms with Crippen molar-refractivity contribution >= 4 is 22.5 Å². The fraction of sp³-hybridized carbons (Fsp3) is 0.0800. The first-order valence-corrected chi connectivity index (χ1v) is 9.73. The van der Waals surface area contributed by atoms with E-state index in [2.05, 4.69) is 11.9 Å². The van der Waals surface area contributed by atoms with Crippen molar-refractivity contribution < 1.29 is 18.3 Å². The number of benzene rings is 3. The molecule has 6 heteroatoms. The van der Waals surface area contributed by atoms with Crippen molar-refractivity contribution in [1.29, 1.82) is 0 Å². The molecule has 0 spiro atoms. The number of halogens is 2. The van der Waals surface area contributed by atoms with E-state index in [-0.39, 0.29) is 24.1 Å². The number of anilines is 1. The molecule has 1 heterocycles. The Labute approximate surface area is 178 Å². The number of carbonyl (C=O) groups excluding carboxylic acids is 1. The summed E-state index contributed by atoms with van der Waals surface area (Å²) in [6.07, 6.45) is 1.70. The van der Waals surface area contributed by atoms with Crippen LogP contribution < -0.4 is 10.1 Å². The van der Waals surface area contributed by atoms with E-state index >= 15 is 0 Å². The Balaban J connectivity index is 1.67. The number of rotatable bonds is 7. The van der Waals surface area contributed by atoms with Gasteiger partial charge in [0, 0.05) is 23.2 Å². The zero-order valence-corrected chi connectivity index (χ0v) is 16.6. The molecule has 0 aliphatic heterocycles. The molecule has 3 aromatic carbocycles. The quantitative estimate of drug-likeness (QED) is 0.378. The van der Waals surface area contributed by atoms with Crippen LogP contribution in [0, 0.1) is 11.6 Å². The summed E-state index contributed by atoms with van der Waals surface area (Å²) in [5.74, 6) is -0.516. The van der Waals surface area contributed by atoms with E-state index in [1.807, 2.05) is 16.7 Å². The van der Waals surface area contributed by atoms with Gasteiger partial charge >= 0.3 is 0 Å². The minimum absolute atomic E-state index is 0.0650. The number of fused-ring (bicyclic) bond motifs is 1. The van der Waals surface area contributed by atoms with E-state index < -0.39 is 0 Å². The molecular weight excluding hydrogens is 398 g/mol. The highest BCUT2D eigenvalue weighted by Gasteiger charge is 2.18. The van der Waals surface area contributed by atoms with Crippen LogP contribution in [0.1, 0.15) is 16.1 Å². The molecule has 0 radical (unpaired) electrons. The highest BCUT2D eigenvalue weighted by atomic mass is 19.1. The second kappa shape index (κ2) is 8.83. The highest BCUT2D eigenvalue weighted by molar-refractivity contribution is 6.07. The molecule has 0 fully saturated rings. The van der Waals surface area contributed by atoms with Crippen molar-refractivity contribution in [3.8, 4) is 5.75 Å². The van der Waals surface area contributed by atoms with Crippen LogP contribution in [-0.4, -0.2) is 10.5 Å². The van der Waals surface area contributed by atoms with E-state index in [0.29, 0.717) is 29.2 Å². The lowest BCUT2D eigenvalue weighted by atomic mass is 10.2. The van der Waals surface area contributed by atoms with Gasteiger partial charge in [-0.05, 0) is 48.5 Å². The van der Waals surface area contributed by atoms with Crippen LogP contribution in [0.5, 0.6) is 5.75 Å². The van der Waals surface area contributed by atoms with Gasteiger partial charge in [0.05, 0.1) is 5.52 Å². The molecule has 1 aromatic heterocycles. The van der Waals surface area contributed by atoms with Crippen molar-refractivity contribution in [2.24, 2.45) is 0 Å². The Morgan fingerprint density at radius 2 is 1.81 bits per heavy atom. The molecule has 1 N–H and O–H groups in total. The monoisotopic (exact) mass is 418 g/mol. The summed E-state index contributed by atoms with van der Waals surface area (Å²) < 4.78 is 34.8. The van der Waals surface area contributed by atoms with Crippen molar-refractivity contribution in [3.63, 3.8) is 0 Å². The van der Waals surface area contributed by atoms with Crippen LogP contribution in [0.2, 0.25) is 0 Å². The first-order chi connectivity index (χ1) is 15.1. The molecule has 31 heavy (non-hydrogen) atoms. The summed E-state index contributed by atoms with van der Waals surface area (Å²) >= 11 is 0. The van der Waals surface area contributed by atoms with Gasteiger partial charge in [-0.15, -0.1) is 6.58 Å². The SMILES string of the molecule is C=CCn1c(C(=O)Nc2ccc(F)cc2)cc2c(OCc3ccccc3F)cccc21. The minimum Gasteiger partial charge on any atom is -0.488 e. The van der Waals surface area contributed by atoms with Gasteiger partial charge in [0.25, 0.3) is 5.91 Å². The summed E-state index contributed by atoms with van der Waals surface area (Å²) in [7, 11) is 0. The first kappa shape index (κ1) is 20.3. The number of hydrogen-bond acceptors (Lipinski definition) is 2. The fourth-order valence-electron chi connectivity index (χ4n) is 3.40. The van der Waals surface area contributed by atoms with Crippen LogP contribution >= 0.6 is 0 Å². The predicted octanol–water partition coefficient (Wildman–Crippen LogP) is 5.94. The van der Waals surface area contributed by atoms with Gasteiger partial charge < -0.3 is 14.6 Å². The van der Waals surface area contributed by atoms with Crippen LogP contribution in [-0.2, 0) is 13.2 Å². The fourth-order valence-corrected chi connectivity index (χ4v) is 3.40. The molecule has 0 atom stereocenters. The number of carbonyl (C=O) groups is 1. The number of amides is 1. The molecule has 4 rings (SSSR count). The van der Waals surface area contributed by atoms with Gasteiger partial charge in [0.15, 0.2) is 0 Å². The highest BCUT2D eigenvalue weighted by Crippen LogP contribution is 2.30. The first-order valence-electron chi connectivity index (χ1n) is 9.73. The molecule has 0 unspecified atom stereocenters. The van der Waals surface area contributed by atoms with Crippen LogP contribution in [0.25, 0.3) is 10.9 Å². The number of nitrogens with zero attached hydrogens (tertiary/aromatic N) is 1. The number of hydrogen-bond donors (Lipinski definition) is 1. The van der Waals surface area contributed by atoms with Crippen molar-refractivity contribution in [1.82, 2.24) is 4.57 Å². The number of nitrogens with one attached hydrogen (secondary N) is 1. The molecule has 0 saturated carbocycles. The molecule has 0 aliphatic carbocycles. The maximum atomic E-state index is 13.9. The Morgan fingerprint density at radius 1 is 1.03 bits per heavy atom. The van der Waals surface area contributed by atoms with Gasteiger partial charge in [0.1, 0.15) is 29.7 Å². The smallest absolute Gasteiger partial charge is 0.272 e. The molecule has 4 aromatic rings. The third-order valence-electron chi connectivity index (χ3n) is 4.89. The van der Waals surface area contributed by atoms with E-state index in [0.717, 1.165) is 10.9 Å². The largest absolute Gasteiger partial charge is 0.488 e. The van der Waals surface area contributed by atoms with E-state index in [9.17, 15) is 13.6 Å². The molecule has 0 bridgehead atoms. The molecule has 0 saturated heterocycles. The summed E-state index contributed by atoms with van der Waals surface area (Å²) in [5.41, 5.74) is 2.12. The second-order valence-corrected chi connectivity index (χ2v) is 6.96. The van der Waals surface area contributed by atoms with Crippen molar-refractivity contribution in [2.75, 3.05) is 5.32 Å². The zero-order valence-electron chi connectivity index (χ0n) is 16.6.